The molecule has 0 aromatic rings. The van der Waals surface area contributed by atoms with E-state index in [9.17, 15) is 5.11 Å². The van der Waals surface area contributed by atoms with Gasteiger partial charge in [-0.1, -0.05) is 12.8 Å². The number of aliphatic hydroxyl groups excluding tert-OH is 1. The molecule has 0 bridgehead atoms. The van der Waals surface area contributed by atoms with Crippen molar-refractivity contribution in [1.29, 1.82) is 0 Å². The first-order valence-electron chi connectivity index (χ1n) is 4.71. The fourth-order valence-electron chi connectivity index (χ4n) is 1.89. The minimum atomic E-state index is 0.0784. The van der Waals surface area contributed by atoms with E-state index in [4.69, 9.17) is 4.74 Å². The lowest BCUT2D eigenvalue weighted by Gasteiger charge is -2.40. The smallest absolute Gasteiger partial charge is 0.0858 e. The van der Waals surface area contributed by atoms with Crippen LogP contribution < -0.4 is 0 Å². The molecule has 3 heteroatoms. The molecule has 0 amide bonds. The average molecular weight is 188 g/mol. The standard InChI is InChI=1S/C9H16O2S/c10-5-9(6-11-7-9)12-8-3-1-2-4-8/h8,10H,1-7H2. The summed E-state index contributed by atoms with van der Waals surface area (Å²) in [6.07, 6.45) is 5.43. The van der Waals surface area contributed by atoms with Crippen molar-refractivity contribution in [2.45, 2.75) is 35.7 Å². The maximum atomic E-state index is 9.20. The van der Waals surface area contributed by atoms with E-state index in [1.54, 1.807) is 0 Å². The molecule has 1 N–H and O–H groups in total. The van der Waals surface area contributed by atoms with Crippen LogP contribution in [0.1, 0.15) is 25.7 Å². The molecule has 1 saturated heterocycles. The summed E-state index contributed by atoms with van der Waals surface area (Å²) < 4.78 is 5.24. The van der Waals surface area contributed by atoms with Gasteiger partial charge in [0.15, 0.2) is 0 Å². The van der Waals surface area contributed by atoms with Crippen molar-refractivity contribution in [3.63, 3.8) is 0 Å². The first kappa shape index (κ1) is 8.85. The zero-order chi connectivity index (χ0) is 8.44. The van der Waals surface area contributed by atoms with Crippen LogP contribution in [0.25, 0.3) is 0 Å². The SMILES string of the molecule is OCC1(SC2CCCC2)COC1. The highest BCUT2D eigenvalue weighted by atomic mass is 32.2. The minimum Gasteiger partial charge on any atom is -0.395 e. The molecule has 12 heavy (non-hydrogen) atoms. The number of rotatable bonds is 3. The van der Waals surface area contributed by atoms with E-state index >= 15 is 0 Å². The number of hydrogen-bond donors (Lipinski definition) is 1. The van der Waals surface area contributed by atoms with E-state index in [0.717, 1.165) is 18.5 Å². The van der Waals surface area contributed by atoms with Gasteiger partial charge in [-0.3, -0.25) is 0 Å². The van der Waals surface area contributed by atoms with Crippen LogP contribution in [0.3, 0.4) is 0 Å². The van der Waals surface area contributed by atoms with Crippen LogP contribution in [0.4, 0.5) is 0 Å². The summed E-state index contributed by atoms with van der Waals surface area (Å²) in [6, 6.07) is 0. The second-order valence-corrected chi connectivity index (χ2v) is 5.63. The highest BCUT2D eigenvalue weighted by Crippen LogP contribution is 2.41. The second kappa shape index (κ2) is 3.56. The van der Waals surface area contributed by atoms with Gasteiger partial charge < -0.3 is 9.84 Å². The summed E-state index contributed by atoms with van der Waals surface area (Å²) in [5, 5.41) is 9.99. The van der Waals surface area contributed by atoms with Crippen molar-refractivity contribution < 1.29 is 9.84 Å². The van der Waals surface area contributed by atoms with Gasteiger partial charge in [0, 0.05) is 5.25 Å². The van der Waals surface area contributed by atoms with Crippen LogP contribution in [0.15, 0.2) is 0 Å². The molecular weight excluding hydrogens is 172 g/mol. The van der Waals surface area contributed by atoms with Crippen molar-refractivity contribution in [3.8, 4) is 0 Å². The zero-order valence-electron chi connectivity index (χ0n) is 7.29. The molecule has 1 heterocycles. The molecule has 2 fully saturated rings. The predicted octanol–water partition coefficient (Wildman–Crippen LogP) is 1.42. The van der Waals surface area contributed by atoms with Crippen LogP contribution in [0.5, 0.6) is 0 Å². The van der Waals surface area contributed by atoms with Gasteiger partial charge in [0.2, 0.25) is 0 Å². The molecular formula is C9H16O2S. The Morgan fingerprint density at radius 2 is 2.00 bits per heavy atom. The van der Waals surface area contributed by atoms with E-state index in [1.165, 1.54) is 25.7 Å². The van der Waals surface area contributed by atoms with E-state index in [2.05, 4.69) is 0 Å². The third-order valence-corrected chi connectivity index (χ3v) is 4.41. The third-order valence-electron chi connectivity index (χ3n) is 2.74. The molecule has 1 aliphatic carbocycles. The quantitative estimate of drug-likeness (QED) is 0.726. The van der Waals surface area contributed by atoms with E-state index < -0.39 is 0 Å². The summed E-state index contributed by atoms with van der Waals surface area (Å²) in [7, 11) is 0. The highest BCUT2D eigenvalue weighted by molar-refractivity contribution is 8.01. The lowest BCUT2D eigenvalue weighted by atomic mass is 10.1. The Labute approximate surface area is 77.7 Å². The van der Waals surface area contributed by atoms with Gasteiger partial charge in [-0.15, -0.1) is 11.8 Å². The Morgan fingerprint density at radius 3 is 2.42 bits per heavy atom. The molecule has 0 spiro atoms. The molecule has 0 unspecified atom stereocenters. The van der Waals surface area contributed by atoms with Gasteiger partial charge >= 0.3 is 0 Å². The van der Waals surface area contributed by atoms with Crippen molar-refractivity contribution in [2.24, 2.45) is 0 Å². The number of hydrogen-bond acceptors (Lipinski definition) is 3. The largest absolute Gasteiger partial charge is 0.395 e. The van der Waals surface area contributed by atoms with Gasteiger partial charge in [-0.25, -0.2) is 0 Å². The lowest BCUT2D eigenvalue weighted by Crippen LogP contribution is -2.50. The molecule has 2 rings (SSSR count). The maximum Gasteiger partial charge on any atom is 0.0858 e. The molecule has 0 aromatic heterocycles. The van der Waals surface area contributed by atoms with Gasteiger partial charge in [0.05, 0.1) is 24.6 Å². The van der Waals surface area contributed by atoms with Crippen LogP contribution in [-0.2, 0) is 4.74 Å². The van der Waals surface area contributed by atoms with Crippen LogP contribution >= 0.6 is 11.8 Å². The average Bonchev–Trinajstić information content (AvgIpc) is 2.49. The Hall–Kier alpha value is 0.270. The maximum absolute atomic E-state index is 9.20. The zero-order valence-corrected chi connectivity index (χ0v) is 8.11. The molecule has 70 valence electrons. The second-order valence-electron chi connectivity index (χ2n) is 3.86. The third kappa shape index (κ3) is 1.63. The monoisotopic (exact) mass is 188 g/mol. The normalized spacial score (nSPS) is 28.8. The Kier molecular flexibility index (Phi) is 2.63. The first-order valence-corrected chi connectivity index (χ1v) is 5.59. The Balaban J connectivity index is 1.83. The predicted molar refractivity (Wildman–Crippen MR) is 50.5 cm³/mol. The number of ether oxygens (including phenoxy) is 1. The van der Waals surface area contributed by atoms with Gasteiger partial charge in [0.1, 0.15) is 0 Å². The molecule has 0 radical (unpaired) electrons. The van der Waals surface area contributed by atoms with Crippen molar-refractivity contribution >= 4 is 11.8 Å². The van der Waals surface area contributed by atoms with Gasteiger partial charge in [0.25, 0.3) is 0 Å². The summed E-state index contributed by atoms with van der Waals surface area (Å²) in [4.78, 5) is 0. The summed E-state index contributed by atoms with van der Waals surface area (Å²) in [5.41, 5.74) is 0. The van der Waals surface area contributed by atoms with E-state index in [-0.39, 0.29) is 11.4 Å². The molecule has 0 aromatic carbocycles. The summed E-state index contributed by atoms with van der Waals surface area (Å²) in [6.45, 7) is 1.80. The van der Waals surface area contributed by atoms with E-state index in [0.29, 0.717) is 0 Å². The molecule has 0 atom stereocenters. The molecule has 2 aliphatic rings. The topological polar surface area (TPSA) is 29.5 Å². The fraction of sp³-hybridized carbons (Fsp3) is 1.00. The number of thioether (sulfide) groups is 1. The highest BCUT2D eigenvalue weighted by Gasteiger charge is 2.41. The van der Waals surface area contributed by atoms with Crippen molar-refractivity contribution in [1.82, 2.24) is 0 Å². The molecule has 2 nitrogen and oxygen atoms in total. The minimum absolute atomic E-state index is 0.0784. The first-order chi connectivity index (χ1) is 5.85. The van der Waals surface area contributed by atoms with E-state index in [1.807, 2.05) is 11.8 Å². The van der Waals surface area contributed by atoms with Crippen molar-refractivity contribution in [2.75, 3.05) is 19.8 Å². The summed E-state index contributed by atoms with van der Waals surface area (Å²) in [5.74, 6) is 0. The Bertz CT molecular complexity index is 145. The number of aliphatic hydroxyl groups is 1. The fourth-order valence-corrected chi connectivity index (χ4v) is 3.54. The molecule has 1 aliphatic heterocycles. The summed E-state index contributed by atoms with van der Waals surface area (Å²) >= 11 is 1.97. The lowest BCUT2D eigenvalue weighted by molar-refractivity contribution is -0.0321. The van der Waals surface area contributed by atoms with Gasteiger partial charge in [-0.05, 0) is 12.8 Å². The van der Waals surface area contributed by atoms with Crippen LogP contribution in [0, 0.1) is 0 Å². The van der Waals surface area contributed by atoms with Gasteiger partial charge in [-0.2, -0.15) is 0 Å². The van der Waals surface area contributed by atoms with Crippen LogP contribution in [0.2, 0.25) is 0 Å². The molecule has 1 saturated carbocycles. The van der Waals surface area contributed by atoms with Crippen molar-refractivity contribution in [3.05, 3.63) is 0 Å². The Morgan fingerprint density at radius 1 is 1.33 bits per heavy atom. The van der Waals surface area contributed by atoms with Crippen LogP contribution in [-0.4, -0.2) is 34.9 Å².